The molecule has 0 aliphatic carbocycles. The zero-order valence-electron chi connectivity index (χ0n) is 22.9. The molecule has 0 saturated carbocycles. The highest BCUT2D eigenvalue weighted by atomic mass is 35.5. The van der Waals surface area contributed by atoms with Gasteiger partial charge in [0.25, 0.3) is 0 Å². The predicted molar refractivity (Wildman–Crippen MR) is 162 cm³/mol. The summed E-state index contributed by atoms with van der Waals surface area (Å²) in [4.78, 5) is 18.3. The minimum Gasteiger partial charge on any atom is -0.377 e. The van der Waals surface area contributed by atoms with Crippen molar-refractivity contribution in [1.29, 1.82) is 5.26 Å². The summed E-state index contributed by atoms with van der Waals surface area (Å²) in [5.74, 6) is -0.0765. The van der Waals surface area contributed by atoms with Crippen LogP contribution in [0.3, 0.4) is 0 Å². The van der Waals surface area contributed by atoms with Gasteiger partial charge in [-0.25, -0.2) is 0 Å². The zero-order valence-corrected chi connectivity index (χ0v) is 23.6. The van der Waals surface area contributed by atoms with Crippen molar-refractivity contribution in [1.82, 2.24) is 20.4 Å². The maximum atomic E-state index is 12.0. The van der Waals surface area contributed by atoms with Crippen LogP contribution in [0, 0.1) is 11.3 Å². The lowest BCUT2D eigenvalue weighted by Gasteiger charge is -2.24. The van der Waals surface area contributed by atoms with Gasteiger partial charge in [0.05, 0.1) is 40.7 Å². The van der Waals surface area contributed by atoms with Gasteiger partial charge in [0, 0.05) is 36.3 Å². The van der Waals surface area contributed by atoms with Crippen molar-refractivity contribution in [2.45, 2.75) is 32.4 Å². The number of hydrogen-bond donors (Lipinski definition) is 3. The molecule has 0 bridgehead atoms. The number of halogens is 1. The highest BCUT2D eigenvalue weighted by molar-refractivity contribution is 6.32. The normalized spacial score (nSPS) is 12.4. The zero-order chi connectivity index (χ0) is 28.9. The molecule has 0 fully saturated rings. The van der Waals surface area contributed by atoms with Gasteiger partial charge in [-0.3, -0.25) is 9.78 Å². The van der Waals surface area contributed by atoms with Gasteiger partial charge in [0.15, 0.2) is 0 Å². The van der Waals surface area contributed by atoms with Crippen LogP contribution in [0.1, 0.15) is 54.7 Å². The van der Waals surface area contributed by atoms with Crippen LogP contribution in [0.4, 0.5) is 17.1 Å². The number of amides is 1. The molecule has 2 heterocycles. The molecular weight excluding hydrogens is 536 g/mol. The molecule has 5 rings (SSSR count). The van der Waals surface area contributed by atoms with Crippen LogP contribution in [-0.4, -0.2) is 33.3 Å². The Morgan fingerprint density at radius 2 is 1.85 bits per heavy atom. The van der Waals surface area contributed by atoms with E-state index in [1.54, 1.807) is 30.4 Å². The second-order valence-corrected chi connectivity index (χ2v) is 10.1. The van der Waals surface area contributed by atoms with Gasteiger partial charge in [-0.15, -0.1) is 0 Å². The number of H-pyrrole nitrogens is 1. The SMILES string of the molecule is CC[C@@H](Nc1c(C#N)cnc2c(N[C@@H](c3cccc(N(C)C(C)=O)c3)c3cn[nH]n3)cc(Cl)cc12)c1ccccc1. The Morgan fingerprint density at radius 1 is 1.07 bits per heavy atom. The van der Waals surface area contributed by atoms with E-state index in [9.17, 15) is 10.1 Å². The van der Waals surface area contributed by atoms with E-state index in [1.165, 1.54) is 6.92 Å². The lowest BCUT2D eigenvalue weighted by atomic mass is 10.0. The first-order valence-electron chi connectivity index (χ1n) is 13.2. The molecule has 41 heavy (non-hydrogen) atoms. The van der Waals surface area contributed by atoms with E-state index < -0.39 is 6.04 Å². The molecule has 10 heteroatoms. The van der Waals surface area contributed by atoms with E-state index in [2.05, 4.69) is 56.2 Å². The summed E-state index contributed by atoms with van der Waals surface area (Å²) in [5.41, 5.74) is 5.76. The molecule has 3 N–H and O–H groups in total. The standard InChI is InChI=1S/C31H29ClN8O/c1-4-26(20-9-6-5-7-10-20)36-29-22(16-33)17-34-31-25(29)14-23(32)15-27(31)37-30(28-18-35-39-38-28)21-11-8-12-24(13-21)40(3)19(2)41/h5-15,17-18,26,30,37H,4H2,1-3H3,(H,34,36)(H,35,38,39)/t26-,30+/m1/s1. The second-order valence-electron chi connectivity index (χ2n) is 9.67. The summed E-state index contributed by atoms with van der Waals surface area (Å²) in [6.07, 6.45) is 4.03. The Balaban J connectivity index is 1.61. The minimum atomic E-state index is -0.447. The molecule has 9 nitrogen and oxygen atoms in total. The van der Waals surface area contributed by atoms with Crippen molar-refractivity contribution >= 4 is 45.5 Å². The quantitative estimate of drug-likeness (QED) is 0.184. The third-order valence-electron chi connectivity index (χ3n) is 7.08. The number of nitrogens with zero attached hydrogens (tertiary/aromatic N) is 5. The molecule has 0 radical (unpaired) electrons. The predicted octanol–water partition coefficient (Wildman–Crippen LogP) is 6.63. The molecular formula is C31H29ClN8O. The maximum absolute atomic E-state index is 12.0. The number of benzene rings is 3. The number of fused-ring (bicyclic) bond motifs is 1. The summed E-state index contributed by atoms with van der Waals surface area (Å²) >= 11 is 6.68. The number of hydrogen-bond acceptors (Lipinski definition) is 7. The van der Waals surface area contributed by atoms with E-state index in [0.29, 0.717) is 33.2 Å². The molecule has 0 aliphatic heterocycles. The van der Waals surface area contributed by atoms with Crippen molar-refractivity contribution in [3.8, 4) is 6.07 Å². The molecule has 3 aromatic carbocycles. The van der Waals surface area contributed by atoms with Crippen LogP contribution in [-0.2, 0) is 4.79 Å². The number of aromatic nitrogens is 4. The first kappa shape index (κ1) is 27.6. The average molecular weight is 565 g/mol. The van der Waals surface area contributed by atoms with Crippen molar-refractivity contribution in [3.05, 3.63) is 107 Å². The number of rotatable bonds is 9. The van der Waals surface area contributed by atoms with E-state index in [4.69, 9.17) is 11.6 Å². The number of aromatic amines is 1. The van der Waals surface area contributed by atoms with Crippen molar-refractivity contribution < 1.29 is 4.79 Å². The smallest absolute Gasteiger partial charge is 0.223 e. The molecule has 2 aromatic heterocycles. The van der Waals surface area contributed by atoms with Crippen LogP contribution in [0.25, 0.3) is 10.9 Å². The highest BCUT2D eigenvalue weighted by Gasteiger charge is 2.22. The highest BCUT2D eigenvalue weighted by Crippen LogP contribution is 2.38. The molecule has 0 unspecified atom stereocenters. The summed E-state index contributed by atoms with van der Waals surface area (Å²) in [7, 11) is 1.73. The minimum absolute atomic E-state index is 0.0202. The summed E-state index contributed by atoms with van der Waals surface area (Å²) in [6.45, 7) is 3.62. The Morgan fingerprint density at radius 3 is 2.54 bits per heavy atom. The number of anilines is 3. The van der Waals surface area contributed by atoms with Gasteiger partial charge in [-0.1, -0.05) is 61.0 Å². The fourth-order valence-electron chi connectivity index (χ4n) is 4.83. The van der Waals surface area contributed by atoms with Crippen molar-refractivity contribution in [2.24, 2.45) is 0 Å². The summed E-state index contributed by atoms with van der Waals surface area (Å²) < 4.78 is 0. The van der Waals surface area contributed by atoms with Crippen LogP contribution in [0.2, 0.25) is 5.02 Å². The Hall–Kier alpha value is -4.94. The molecule has 2 atom stereocenters. The lowest BCUT2D eigenvalue weighted by Crippen LogP contribution is -2.23. The molecule has 5 aromatic rings. The lowest BCUT2D eigenvalue weighted by molar-refractivity contribution is -0.116. The summed E-state index contributed by atoms with van der Waals surface area (Å²) in [5, 5.41) is 29.4. The fraction of sp³-hybridized carbons (Fsp3) is 0.194. The van der Waals surface area contributed by atoms with Crippen molar-refractivity contribution in [2.75, 3.05) is 22.6 Å². The Bertz CT molecular complexity index is 1720. The Kier molecular flexibility index (Phi) is 8.13. The van der Waals surface area contributed by atoms with Crippen LogP contribution >= 0.6 is 11.6 Å². The third-order valence-corrected chi connectivity index (χ3v) is 7.30. The van der Waals surface area contributed by atoms with E-state index >= 15 is 0 Å². The summed E-state index contributed by atoms with van der Waals surface area (Å²) in [6, 6.07) is 23.2. The molecule has 0 saturated heterocycles. The molecule has 0 aliphatic rings. The molecule has 1 amide bonds. The number of carbonyl (C=O) groups is 1. The fourth-order valence-corrected chi connectivity index (χ4v) is 5.04. The van der Waals surface area contributed by atoms with Crippen LogP contribution < -0.4 is 15.5 Å². The van der Waals surface area contributed by atoms with Crippen LogP contribution in [0.15, 0.2) is 79.1 Å². The monoisotopic (exact) mass is 564 g/mol. The number of nitriles is 1. The number of nitrogens with one attached hydrogen (secondary N) is 3. The van der Waals surface area contributed by atoms with Gasteiger partial charge < -0.3 is 15.5 Å². The van der Waals surface area contributed by atoms with Crippen LogP contribution in [0.5, 0.6) is 0 Å². The largest absolute Gasteiger partial charge is 0.377 e. The van der Waals surface area contributed by atoms with E-state index in [0.717, 1.165) is 28.6 Å². The molecule has 206 valence electrons. The number of pyridine rings is 1. The van der Waals surface area contributed by atoms with Gasteiger partial charge >= 0.3 is 0 Å². The Labute approximate surface area is 243 Å². The average Bonchev–Trinajstić information content (AvgIpc) is 3.53. The topological polar surface area (TPSA) is 123 Å². The van der Waals surface area contributed by atoms with E-state index in [-0.39, 0.29) is 11.9 Å². The van der Waals surface area contributed by atoms with Gasteiger partial charge in [0.1, 0.15) is 11.8 Å². The first-order chi connectivity index (χ1) is 19.9. The van der Waals surface area contributed by atoms with Gasteiger partial charge in [0.2, 0.25) is 5.91 Å². The number of carbonyl (C=O) groups excluding carboxylic acids is 1. The van der Waals surface area contributed by atoms with Gasteiger partial charge in [-0.2, -0.15) is 20.7 Å². The van der Waals surface area contributed by atoms with Crippen molar-refractivity contribution in [3.63, 3.8) is 0 Å². The second kappa shape index (κ2) is 12.1. The maximum Gasteiger partial charge on any atom is 0.223 e. The third kappa shape index (κ3) is 5.83. The van der Waals surface area contributed by atoms with Gasteiger partial charge in [-0.05, 0) is 41.8 Å². The van der Waals surface area contributed by atoms with E-state index in [1.807, 2.05) is 48.5 Å². The molecule has 0 spiro atoms. The first-order valence-corrected chi connectivity index (χ1v) is 13.6.